The molecule has 19 heavy (non-hydrogen) atoms. The zero-order valence-corrected chi connectivity index (χ0v) is 12.3. The smallest absolute Gasteiger partial charge is 0.140 e. The number of nitrogens with one attached hydrogen (secondary N) is 1. The number of likely N-dealkylation sites (tertiary alicyclic amines) is 1. The fourth-order valence-electron chi connectivity index (χ4n) is 2.48. The normalized spacial score (nSPS) is 17.9. The molecule has 1 saturated heterocycles. The number of aromatic nitrogens is 1. The van der Waals surface area contributed by atoms with Crippen LogP contribution in [0.2, 0.25) is 5.02 Å². The van der Waals surface area contributed by atoms with Gasteiger partial charge in [0.15, 0.2) is 0 Å². The van der Waals surface area contributed by atoms with Crippen LogP contribution in [0.25, 0.3) is 0 Å². The number of halogens is 1. The average molecular weight is 284 g/mol. The van der Waals surface area contributed by atoms with E-state index in [0.717, 1.165) is 25.3 Å². The van der Waals surface area contributed by atoms with Crippen molar-refractivity contribution >= 4 is 17.4 Å². The lowest BCUT2D eigenvalue weighted by atomic mass is 10.0. The molecule has 0 radical (unpaired) electrons. The van der Waals surface area contributed by atoms with E-state index in [1.54, 1.807) is 6.07 Å². The Morgan fingerprint density at radius 2 is 2.11 bits per heavy atom. The summed E-state index contributed by atoms with van der Waals surface area (Å²) in [5.41, 5.74) is 3.45. The Labute approximate surface area is 119 Å². The van der Waals surface area contributed by atoms with Crippen LogP contribution in [0.1, 0.15) is 18.5 Å². The maximum absolute atomic E-state index is 6.19. The van der Waals surface area contributed by atoms with E-state index in [9.17, 15) is 0 Å². The lowest BCUT2D eigenvalue weighted by molar-refractivity contribution is 0.139. The highest BCUT2D eigenvalue weighted by Gasteiger charge is 2.21. The van der Waals surface area contributed by atoms with Crippen molar-refractivity contribution < 1.29 is 0 Å². The molecule has 0 aromatic carbocycles. The van der Waals surface area contributed by atoms with Gasteiger partial charge in [-0.05, 0) is 39.1 Å². The van der Waals surface area contributed by atoms with E-state index in [2.05, 4.69) is 34.3 Å². The standard InChI is InChI=1S/C13H22ClN5/c1-18(2)10-5-7-19(8-6-10)9-12-11(14)3-4-13(16-12)17-15/h3-4,10H,5-9,15H2,1-2H3,(H,16,17). The first kappa shape index (κ1) is 14.5. The number of anilines is 1. The quantitative estimate of drug-likeness (QED) is 0.649. The third kappa shape index (κ3) is 3.79. The van der Waals surface area contributed by atoms with Crippen LogP contribution in [0.4, 0.5) is 5.82 Å². The Hall–Kier alpha value is -0.880. The molecule has 1 aliphatic heterocycles. The summed E-state index contributed by atoms with van der Waals surface area (Å²) in [5.74, 6) is 6.03. The molecule has 0 aliphatic carbocycles. The highest BCUT2D eigenvalue weighted by atomic mass is 35.5. The Kier molecular flexibility index (Phi) is 4.99. The molecule has 1 aliphatic rings. The van der Waals surface area contributed by atoms with Crippen molar-refractivity contribution in [2.75, 3.05) is 32.6 Å². The Balaban J connectivity index is 1.95. The summed E-state index contributed by atoms with van der Waals surface area (Å²) in [5, 5.41) is 0.703. The van der Waals surface area contributed by atoms with Gasteiger partial charge in [-0.25, -0.2) is 10.8 Å². The van der Waals surface area contributed by atoms with Gasteiger partial charge in [0.2, 0.25) is 0 Å². The van der Waals surface area contributed by atoms with Crippen LogP contribution in [0.15, 0.2) is 12.1 Å². The summed E-state index contributed by atoms with van der Waals surface area (Å²) in [6.45, 7) is 2.96. The van der Waals surface area contributed by atoms with E-state index < -0.39 is 0 Å². The van der Waals surface area contributed by atoms with Gasteiger partial charge >= 0.3 is 0 Å². The Morgan fingerprint density at radius 3 is 2.68 bits per heavy atom. The van der Waals surface area contributed by atoms with Gasteiger partial charge in [-0.2, -0.15) is 0 Å². The lowest BCUT2D eigenvalue weighted by Crippen LogP contribution is -2.41. The van der Waals surface area contributed by atoms with Crippen LogP contribution in [-0.2, 0) is 6.54 Å². The van der Waals surface area contributed by atoms with Gasteiger partial charge in [0.05, 0.1) is 10.7 Å². The van der Waals surface area contributed by atoms with Gasteiger partial charge in [0.25, 0.3) is 0 Å². The molecule has 0 saturated carbocycles. The van der Waals surface area contributed by atoms with Crippen LogP contribution in [0.3, 0.4) is 0 Å². The maximum Gasteiger partial charge on any atom is 0.140 e. The minimum Gasteiger partial charge on any atom is -0.308 e. The number of piperidine rings is 1. The lowest BCUT2D eigenvalue weighted by Gasteiger charge is -2.35. The fraction of sp³-hybridized carbons (Fsp3) is 0.615. The largest absolute Gasteiger partial charge is 0.308 e. The molecule has 106 valence electrons. The van der Waals surface area contributed by atoms with Crippen LogP contribution in [0.5, 0.6) is 0 Å². The van der Waals surface area contributed by atoms with Crippen LogP contribution in [-0.4, -0.2) is 48.0 Å². The number of nitrogens with zero attached hydrogens (tertiary/aromatic N) is 3. The molecule has 0 spiro atoms. The number of hydrogen-bond acceptors (Lipinski definition) is 5. The number of hydrazine groups is 1. The SMILES string of the molecule is CN(C)C1CCN(Cc2nc(NN)ccc2Cl)CC1. The first-order valence-corrected chi connectivity index (χ1v) is 6.98. The molecule has 0 bridgehead atoms. The van der Waals surface area contributed by atoms with E-state index in [0.29, 0.717) is 16.9 Å². The fourth-order valence-corrected chi connectivity index (χ4v) is 2.65. The van der Waals surface area contributed by atoms with Crippen molar-refractivity contribution in [2.45, 2.75) is 25.4 Å². The summed E-state index contributed by atoms with van der Waals surface area (Å²) >= 11 is 6.19. The molecule has 1 fully saturated rings. The highest BCUT2D eigenvalue weighted by Crippen LogP contribution is 2.21. The van der Waals surface area contributed by atoms with E-state index in [1.165, 1.54) is 12.8 Å². The summed E-state index contributed by atoms with van der Waals surface area (Å²) in [4.78, 5) is 9.12. The minimum atomic E-state index is 0.655. The summed E-state index contributed by atoms with van der Waals surface area (Å²) in [7, 11) is 4.30. The van der Waals surface area contributed by atoms with Crippen molar-refractivity contribution in [1.29, 1.82) is 0 Å². The second kappa shape index (κ2) is 6.52. The molecule has 6 heteroatoms. The van der Waals surface area contributed by atoms with E-state index in [-0.39, 0.29) is 0 Å². The zero-order chi connectivity index (χ0) is 13.8. The number of nitrogen functional groups attached to an aromatic ring is 1. The highest BCUT2D eigenvalue weighted by molar-refractivity contribution is 6.31. The molecular weight excluding hydrogens is 262 g/mol. The van der Waals surface area contributed by atoms with Crippen LogP contribution in [0, 0.1) is 0 Å². The second-order valence-corrected chi connectivity index (χ2v) is 5.65. The van der Waals surface area contributed by atoms with E-state index in [4.69, 9.17) is 17.4 Å². The van der Waals surface area contributed by atoms with Crippen molar-refractivity contribution in [3.8, 4) is 0 Å². The van der Waals surface area contributed by atoms with Crippen molar-refractivity contribution in [3.05, 3.63) is 22.8 Å². The number of rotatable bonds is 4. The van der Waals surface area contributed by atoms with Gasteiger partial charge in [0.1, 0.15) is 5.82 Å². The topological polar surface area (TPSA) is 57.4 Å². The van der Waals surface area contributed by atoms with Gasteiger partial charge in [-0.3, -0.25) is 4.90 Å². The predicted octanol–water partition coefficient (Wildman–Crippen LogP) is 1.55. The van der Waals surface area contributed by atoms with Gasteiger partial charge in [-0.1, -0.05) is 11.6 Å². The number of pyridine rings is 1. The molecule has 1 aromatic heterocycles. The number of nitrogens with two attached hydrogens (primary N) is 1. The van der Waals surface area contributed by atoms with E-state index in [1.807, 2.05) is 6.07 Å². The average Bonchev–Trinajstić information content (AvgIpc) is 2.42. The second-order valence-electron chi connectivity index (χ2n) is 5.24. The summed E-state index contributed by atoms with van der Waals surface area (Å²) < 4.78 is 0. The third-order valence-corrected chi connectivity index (χ3v) is 4.07. The first-order chi connectivity index (χ1) is 9.10. The molecule has 0 unspecified atom stereocenters. The van der Waals surface area contributed by atoms with Crippen LogP contribution >= 0.6 is 11.6 Å². The molecule has 5 nitrogen and oxygen atoms in total. The Morgan fingerprint density at radius 1 is 1.42 bits per heavy atom. The van der Waals surface area contributed by atoms with Crippen molar-refractivity contribution in [2.24, 2.45) is 5.84 Å². The molecular formula is C13H22ClN5. The molecule has 0 atom stereocenters. The zero-order valence-electron chi connectivity index (χ0n) is 11.6. The van der Waals surface area contributed by atoms with Crippen LogP contribution < -0.4 is 11.3 Å². The maximum atomic E-state index is 6.19. The summed E-state index contributed by atoms with van der Waals surface area (Å²) in [6.07, 6.45) is 2.39. The van der Waals surface area contributed by atoms with Gasteiger partial charge in [-0.15, -0.1) is 0 Å². The monoisotopic (exact) mass is 283 g/mol. The first-order valence-electron chi connectivity index (χ1n) is 6.61. The predicted molar refractivity (Wildman–Crippen MR) is 79.0 cm³/mol. The molecule has 2 heterocycles. The third-order valence-electron chi connectivity index (χ3n) is 3.73. The van der Waals surface area contributed by atoms with Gasteiger partial charge < -0.3 is 10.3 Å². The molecule has 2 rings (SSSR count). The Bertz CT molecular complexity index is 415. The van der Waals surface area contributed by atoms with Crippen molar-refractivity contribution in [3.63, 3.8) is 0 Å². The van der Waals surface area contributed by atoms with Gasteiger partial charge in [0, 0.05) is 25.7 Å². The minimum absolute atomic E-state index is 0.655. The molecule has 0 amide bonds. The van der Waals surface area contributed by atoms with E-state index >= 15 is 0 Å². The number of hydrogen-bond donors (Lipinski definition) is 2. The summed E-state index contributed by atoms with van der Waals surface area (Å²) in [6, 6.07) is 4.31. The molecule has 1 aromatic rings. The molecule has 3 N–H and O–H groups in total. The van der Waals surface area contributed by atoms with Crippen molar-refractivity contribution in [1.82, 2.24) is 14.8 Å².